The highest BCUT2D eigenvalue weighted by molar-refractivity contribution is 9.10. The number of nitrogens with one attached hydrogen (secondary N) is 2. The Morgan fingerprint density at radius 3 is 2.75 bits per heavy atom. The third kappa shape index (κ3) is 5.95. The van der Waals surface area contributed by atoms with Crippen LogP contribution < -0.4 is 20.2 Å². The number of methoxy groups -OCH3 is 1. The van der Waals surface area contributed by atoms with Crippen molar-refractivity contribution in [2.45, 2.75) is 6.92 Å². The highest BCUT2D eigenvalue weighted by Gasteiger charge is 2.11. The molecular formula is C20H20BrN3O4. The largest absolute Gasteiger partial charge is 0.493 e. The van der Waals surface area contributed by atoms with Crippen LogP contribution in [0, 0.1) is 0 Å². The number of rotatable bonds is 8. The Morgan fingerprint density at radius 1 is 1.29 bits per heavy atom. The Labute approximate surface area is 171 Å². The number of ether oxygens (including phenoxy) is 2. The smallest absolute Gasteiger partial charge is 0.271 e. The van der Waals surface area contributed by atoms with E-state index in [9.17, 15) is 9.59 Å². The molecule has 146 valence electrons. The second-order valence-corrected chi connectivity index (χ2v) is 6.45. The van der Waals surface area contributed by atoms with Crippen molar-refractivity contribution >= 4 is 39.6 Å². The molecule has 2 aromatic rings. The predicted octanol–water partition coefficient (Wildman–Crippen LogP) is 3.74. The van der Waals surface area contributed by atoms with Crippen LogP contribution in [-0.4, -0.2) is 31.7 Å². The lowest BCUT2D eigenvalue weighted by Crippen LogP contribution is -2.18. The molecular weight excluding hydrogens is 426 g/mol. The fourth-order valence-corrected chi connectivity index (χ4v) is 2.84. The van der Waals surface area contributed by atoms with E-state index in [1.165, 1.54) is 20.2 Å². The van der Waals surface area contributed by atoms with Gasteiger partial charge in [-0.2, -0.15) is 5.10 Å². The number of amides is 2. The van der Waals surface area contributed by atoms with Gasteiger partial charge in [0, 0.05) is 18.2 Å². The zero-order valence-corrected chi connectivity index (χ0v) is 17.1. The molecule has 2 rings (SSSR count). The first-order valence-corrected chi connectivity index (χ1v) is 9.06. The van der Waals surface area contributed by atoms with Gasteiger partial charge in [-0.25, -0.2) is 5.43 Å². The zero-order valence-electron chi connectivity index (χ0n) is 15.5. The van der Waals surface area contributed by atoms with Gasteiger partial charge < -0.3 is 14.8 Å². The SMILES string of the molecule is C=CCOc1c(Br)cc(C=NNC(=O)c2cccc(NC(C)=O)c2)cc1OC. The lowest BCUT2D eigenvalue weighted by atomic mass is 10.2. The van der Waals surface area contributed by atoms with Gasteiger partial charge in [0.2, 0.25) is 5.91 Å². The number of hydrogen-bond acceptors (Lipinski definition) is 5. The van der Waals surface area contributed by atoms with Crippen LogP contribution in [0.25, 0.3) is 0 Å². The Kier molecular flexibility index (Phi) is 7.76. The summed E-state index contributed by atoms with van der Waals surface area (Å²) in [7, 11) is 1.54. The van der Waals surface area contributed by atoms with E-state index >= 15 is 0 Å². The first-order valence-electron chi connectivity index (χ1n) is 8.27. The summed E-state index contributed by atoms with van der Waals surface area (Å²) in [6.45, 7) is 5.36. The fourth-order valence-electron chi connectivity index (χ4n) is 2.27. The summed E-state index contributed by atoms with van der Waals surface area (Å²) in [6, 6.07) is 10.1. The van der Waals surface area contributed by atoms with Crippen molar-refractivity contribution in [1.82, 2.24) is 5.43 Å². The van der Waals surface area contributed by atoms with E-state index in [2.05, 4.69) is 38.4 Å². The van der Waals surface area contributed by atoms with E-state index in [0.29, 0.717) is 39.4 Å². The molecule has 0 aliphatic heterocycles. The molecule has 0 saturated carbocycles. The maximum atomic E-state index is 12.2. The molecule has 0 fully saturated rings. The summed E-state index contributed by atoms with van der Waals surface area (Å²) in [5, 5.41) is 6.60. The van der Waals surface area contributed by atoms with Gasteiger partial charge in [-0.05, 0) is 51.8 Å². The van der Waals surface area contributed by atoms with Gasteiger partial charge in [0.25, 0.3) is 5.91 Å². The molecule has 0 heterocycles. The van der Waals surface area contributed by atoms with Gasteiger partial charge in [0.15, 0.2) is 11.5 Å². The molecule has 2 amide bonds. The molecule has 0 atom stereocenters. The highest BCUT2D eigenvalue weighted by Crippen LogP contribution is 2.36. The van der Waals surface area contributed by atoms with Gasteiger partial charge in [-0.1, -0.05) is 18.7 Å². The highest BCUT2D eigenvalue weighted by atomic mass is 79.9. The Bertz CT molecular complexity index is 912. The first-order chi connectivity index (χ1) is 13.4. The van der Waals surface area contributed by atoms with Crippen molar-refractivity contribution in [3.05, 3.63) is 64.7 Å². The van der Waals surface area contributed by atoms with Crippen molar-refractivity contribution < 1.29 is 19.1 Å². The fraction of sp³-hybridized carbons (Fsp3) is 0.150. The second kappa shape index (κ2) is 10.3. The van der Waals surface area contributed by atoms with Crippen LogP contribution in [0.1, 0.15) is 22.8 Å². The van der Waals surface area contributed by atoms with Gasteiger partial charge in [0.05, 0.1) is 17.8 Å². The Hall–Kier alpha value is -3.13. The van der Waals surface area contributed by atoms with Crippen LogP contribution in [-0.2, 0) is 4.79 Å². The van der Waals surface area contributed by atoms with Crippen LogP contribution in [0.3, 0.4) is 0 Å². The van der Waals surface area contributed by atoms with Crippen molar-refractivity contribution in [3.63, 3.8) is 0 Å². The van der Waals surface area contributed by atoms with Crippen LogP contribution in [0.4, 0.5) is 5.69 Å². The number of hydrazone groups is 1. The van der Waals surface area contributed by atoms with E-state index in [1.54, 1.807) is 42.5 Å². The molecule has 0 aliphatic carbocycles. The number of carbonyl (C=O) groups excluding carboxylic acids is 2. The monoisotopic (exact) mass is 445 g/mol. The topological polar surface area (TPSA) is 89.0 Å². The summed E-state index contributed by atoms with van der Waals surface area (Å²) in [4.78, 5) is 23.4. The molecule has 0 spiro atoms. The second-order valence-electron chi connectivity index (χ2n) is 5.59. The van der Waals surface area contributed by atoms with Gasteiger partial charge >= 0.3 is 0 Å². The predicted molar refractivity (Wildman–Crippen MR) is 112 cm³/mol. The molecule has 0 unspecified atom stereocenters. The summed E-state index contributed by atoms with van der Waals surface area (Å²) in [5.74, 6) is 0.460. The first kappa shape index (κ1) is 21.2. The minimum absolute atomic E-state index is 0.212. The molecule has 8 heteroatoms. The third-order valence-corrected chi connectivity index (χ3v) is 4.01. The van der Waals surface area contributed by atoms with Gasteiger partial charge in [0.1, 0.15) is 6.61 Å². The van der Waals surface area contributed by atoms with E-state index < -0.39 is 5.91 Å². The number of halogens is 1. The van der Waals surface area contributed by atoms with E-state index in [4.69, 9.17) is 9.47 Å². The molecule has 2 N–H and O–H groups in total. The molecule has 0 saturated heterocycles. The van der Waals surface area contributed by atoms with Crippen molar-refractivity contribution in [2.24, 2.45) is 5.10 Å². The third-order valence-electron chi connectivity index (χ3n) is 3.42. The summed E-state index contributed by atoms with van der Waals surface area (Å²) < 4.78 is 11.6. The normalized spacial score (nSPS) is 10.4. The Morgan fingerprint density at radius 2 is 2.07 bits per heavy atom. The summed E-state index contributed by atoms with van der Waals surface area (Å²) in [5.41, 5.74) is 4.05. The number of carbonyl (C=O) groups is 2. The van der Waals surface area contributed by atoms with Gasteiger partial charge in [-0.3, -0.25) is 9.59 Å². The Balaban J connectivity index is 2.09. The molecule has 7 nitrogen and oxygen atoms in total. The molecule has 0 radical (unpaired) electrons. The molecule has 0 bridgehead atoms. The average Bonchev–Trinajstić information content (AvgIpc) is 2.66. The molecule has 28 heavy (non-hydrogen) atoms. The quantitative estimate of drug-likeness (QED) is 0.367. The van der Waals surface area contributed by atoms with Crippen molar-refractivity contribution in [3.8, 4) is 11.5 Å². The summed E-state index contributed by atoms with van der Waals surface area (Å²) >= 11 is 3.43. The van der Waals surface area contributed by atoms with Crippen LogP contribution in [0.15, 0.2) is 58.6 Å². The average molecular weight is 446 g/mol. The van der Waals surface area contributed by atoms with Crippen LogP contribution >= 0.6 is 15.9 Å². The van der Waals surface area contributed by atoms with Crippen molar-refractivity contribution in [1.29, 1.82) is 0 Å². The lowest BCUT2D eigenvalue weighted by Gasteiger charge is -2.12. The lowest BCUT2D eigenvalue weighted by molar-refractivity contribution is -0.114. The maximum Gasteiger partial charge on any atom is 0.271 e. The minimum Gasteiger partial charge on any atom is -0.493 e. The molecule has 0 aliphatic rings. The maximum absolute atomic E-state index is 12.2. The number of benzene rings is 2. The minimum atomic E-state index is -0.402. The standard InChI is InChI=1S/C20H20BrN3O4/c1-4-8-28-19-17(21)9-14(10-18(19)27-3)12-22-24-20(26)15-6-5-7-16(11-15)23-13(2)25/h4-7,9-12H,1,8H2,2-3H3,(H,23,25)(H,24,26). The van der Waals surface area contributed by atoms with Gasteiger partial charge in [-0.15, -0.1) is 0 Å². The van der Waals surface area contributed by atoms with Crippen molar-refractivity contribution in [2.75, 3.05) is 19.0 Å². The molecule has 0 aromatic heterocycles. The number of anilines is 1. The summed E-state index contributed by atoms with van der Waals surface area (Å²) in [6.07, 6.45) is 3.12. The number of hydrogen-bond donors (Lipinski definition) is 2. The van der Waals surface area contributed by atoms with E-state index in [1.807, 2.05) is 0 Å². The molecule has 2 aromatic carbocycles. The van der Waals surface area contributed by atoms with Crippen LogP contribution in [0.5, 0.6) is 11.5 Å². The van der Waals surface area contributed by atoms with E-state index in [-0.39, 0.29) is 5.91 Å². The van der Waals surface area contributed by atoms with Crippen LogP contribution in [0.2, 0.25) is 0 Å². The zero-order chi connectivity index (χ0) is 20.5. The van der Waals surface area contributed by atoms with E-state index in [0.717, 1.165) is 0 Å². The number of nitrogens with zero attached hydrogens (tertiary/aromatic N) is 1.